The van der Waals surface area contributed by atoms with E-state index in [1.807, 2.05) is 0 Å². The van der Waals surface area contributed by atoms with Crippen LogP contribution in [-0.4, -0.2) is 35.6 Å². The molecule has 2 amide bonds. The van der Waals surface area contributed by atoms with Crippen molar-refractivity contribution in [2.24, 2.45) is 5.92 Å². The summed E-state index contributed by atoms with van der Waals surface area (Å²) < 4.78 is 47.0. The average Bonchev–Trinajstić information content (AvgIpc) is 3.54. The van der Waals surface area contributed by atoms with E-state index in [2.05, 4.69) is 15.6 Å². The van der Waals surface area contributed by atoms with Gasteiger partial charge in [0.2, 0.25) is 5.91 Å². The molecule has 2 fully saturated rings. The molecule has 4 rings (SSSR count). The number of amides is 2. The van der Waals surface area contributed by atoms with Gasteiger partial charge in [-0.25, -0.2) is 18.2 Å². The molecule has 2 saturated carbocycles. The number of nitrogens with zero attached hydrogens (tertiary/aromatic N) is 1. The Bertz CT molecular complexity index is 1040. The molecular formula is C23H24F3N3O3. The first-order valence-electron chi connectivity index (χ1n) is 10.6. The van der Waals surface area contributed by atoms with E-state index < -0.39 is 23.2 Å². The van der Waals surface area contributed by atoms with Gasteiger partial charge in [0, 0.05) is 29.2 Å². The molecule has 1 aromatic heterocycles. The number of pyridine rings is 1. The predicted octanol–water partition coefficient (Wildman–Crippen LogP) is 4.15. The molecule has 2 aliphatic carbocycles. The van der Waals surface area contributed by atoms with Gasteiger partial charge in [-0.15, -0.1) is 0 Å². The van der Waals surface area contributed by atoms with Crippen molar-refractivity contribution >= 4 is 17.6 Å². The van der Waals surface area contributed by atoms with Gasteiger partial charge in [-0.3, -0.25) is 9.59 Å². The van der Waals surface area contributed by atoms with Crippen LogP contribution in [0.25, 0.3) is 11.1 Å². The normalized spacial score (nSPS) is 21.5. The highest BCUT2D eigenvalue weighted by Crippen LogP contribution is 2.40. The molecule has 0 spiro atoms. The van der Waals surface area contributed by atoms with E-state index in [9.17, 15) is 22.8 Å². The topological polar surface area (TPSA) is 80.3 Å². The molecule has 2 aromatic rings. The van der Waals surface area contributed by atoms with E-state index in [0.29, 0.717) is 24.8 Å². The van der Waals surface area contributed by atoms with Crippen molar-refractivity contribution in [3.05, 3.63) is 42.1 Å². The van der Waals surface area contributed by atoms with Crippen molar-refractivity contribution < 1.29 is 27.5 Å². The number of carbonyl (C=O) groups excluding carboxylic acids is 2. The Balaban J connectivity index is 1.45. The van der Waals surface area contributed by atoms with Gasteiger partial charge in [-0.2, -0.15) is 0 Å². The molecule has 0 unspecified atom stereocenters. The lowest BCUT2D eigenvalue weighted by Crippen LogP contribution is -2.44. The average molecular weight is 447 g/mol. The zero-order valence-corrected chi connectivity index (χ0v) is 17.6. The summed E-state index contributed by atoms with van der Waals surface area (Å²) in [7, 11) is 1.35. The molecule has 2 aliphatic rings. The van der Waals surface area contributed by atoms with E-state index in [1.54, 1.807) is 0 Å². The maximum atomic E-state index is 14.4. The lowest BCUT2D eigenvalue weighted by atomic mass is 9.85. The Morgan fingerprint density at radius 1 is 1.16 bits per heavy atom. The van der Waals surface area contributed by atoms with Crippen LogP contribution in [0.2, 0.25) is 0 Å². The maximum absolute atomic E-state index is 14.4. The van der Waals surface area contributed by atoms with Crippen LogP contribution in [0, 0.1) is 17.6 Å². The molecular weight excluding hydrogens is 423 g/mol. The minimum absolute atomic E-state index is 0.110. The van der Waals surface area contributed by atoms with Gasteiger partial charge >= 0.3 is 0 Å². The second-order valence-electron chi connectivity index (χ2n) is 8.38. The van der Waals surface area contributed by atoms with Crippen LogP contribution >= 0.6 is 0 Å². The van der Waals surface area contributed by atoms with E-state index in [1.165, 1.54) is 25.3 Å². The fourth-order valence-corrected chi connectivity index (χ4v) is 4.04. The number of hydrogen-bond acceptors (Lipinski definition) is 4. The maximum Gasteiger partial charge on any atom is 0.257 e. The number of benzene rings is 1. The van der Waals surface area contributed by atoms with Gasteiger partial charge in [-0.1, -0.05) is 6.42 Å². The molecule has 0 radical (unpaired) electrons. The standard InChI is InChI=1S/C23H24F3N3O3/c1-32-19-10-14(24)5-6-16(19)17-11-20(27-12-18(17)25)29-21(30)13-3-2-4-15(9-13)28-22(31)23(26)7-8-23/h5-6,10-13,15H,2-4,7-9H2,1H3,(H,28,31)(H,27,29,30)/t13-,15+/m0/s1. The molecule has 2 atom stereocenters. The van der Waals surface area contributed by atoms with Gasteiger partial charge in [0.05, 0.1) is 13.3 Å². The number of halogens is 3. The van der Waals surface area contributed by atoms with Gasteiger partial charge in [0.1, 0.15) is 23.2 Å². The Hall–Kier alpha value is -3.10. The van der Waals surface area contributed by atoms with Gasteiger partial charge < -0.3 is 15.4 Å². The number of methoxy groups -OCH3 is 1. The summed E-state index contributed by atoms with van der Waals surface area (Å²) >= 11 is 0. The summed E-state index contributed by atoms with van der Waals surface area (Å²) in [5.74, 6) is -2.16. The lowest BCUT2D eigenvalue weighted by Gasteiger charge is -2.29. The van der Waals surface area contributed by atoms with E-state index in [-0.39, 0.29) is 47.8 Å². The third-order valence-electron chi connectivity index (χ3n) is 6.04. The molecule has 2 N–H and O–H groups in total. The first-order valence-corrected chi connectivity index (χ1v) is 10.6. The fourth-order valence-electron chi connectivity index (χ4n) is 4.04. The molecule has 0 saturated heterocycles. The van der Waals surface area contributed by atoms with Crippen molar-refractivity contribution in [3.8, 4) is 16.9 Å². The van der Waals surface area contributed by atoms with Gasteiger partial charge in [0.25, 0.3) is 5.91 Å². The molecule has 0 bridgehead atoms. The minimum atomic E-state index is -1.74. The number of nitrogens with one attached hydrogen (secondary N) is 2. The second kappa shape index (κ2) is 8.80. The van der Waals surface area contributed by atoms with E-state index in [4.69, 9.17) is 4.74 Å². The third kappa shape index (κ3) is 4.71. The molecule has 6 nitrogen and oxygen atoms in total. The fraction of sp³-hybridized carbons (Fsp3) is 0.435. The van der Waals surface area contributed by atoms with Crippen LogP contribution < -0.4 is 15.4 Å². The van der Waals surface area contributed by atoms with Crippen LogP contribution in [0.4, 0.5) is 19.0 Å². The summed E-state index contributed by atoms with van der Waals surface area (Å²) in [6.45, 7) is 0. The zero-order chi connectivity index (χ0) is 22.9. The van der Waals surface area contributed by atoms with Crippen molar-refractivity contribution in [1.82, 2.24) is 10.3 Å². The largest absolute Gasteiger partial charge is 0.496 e. The molecule has 170 valence electrons. The summed E-state index contributed by atoms with van der Waals surface area (Å²) in [6, 6.07) is 4.83. The summed E-state index contributed by atoms with van der Waals surface area (Å²) in [4.78, 5) is 28.7. The Labute approximate surface area is 183 Å². The number of hydrogen-bond donors (Lipinski definition) is 2. The Morgan fingerprint density at radius 3 is 2.66 bits per heavy atom. The Kier molecular flexibility index (Phi) is 6.08. The first kappa shape index (κ1) is 22.1. The predicted molar refractivity (Wildman–Crippen MR) is 112 cm³/mol. The summed E-state index contributed by atoms with van der Waals surface area (Å²) in [5.41, 5.74) is -1.31. The van der Waals surface area contributed by atoms with Crippen molar-refractivity contribution in [2.45, 2.75) is 50.2 Å². The zero-order valence-electron chi connectivity index (χ0n) is 17.6. The smallest absolute Gasteiger partial charge is 0.257 e. The van der Waals surface area contributed by atoms with Crippen molar-refractivity contribution in [2.75, 3.05) is 12.4 Å². The number of anilines is 1. The van der Waals surface area contributed by atoms with Crippen LogP contribution in [0.15, 0.2) is 30.5 Å². The van der Waals surface area contributed by atoms with Gasteiger partial charge in [-0.05, 0) is 50.3 Å². The number of carbonyl (C=O) groups is 2. The lowest BCUT2D eigenvalue weighted by molar-refractivity contribution is -0.129. The highest BCUT2D eigenvalue weighted by Gasteiger charge is 2.51. The second-order valence-corrected chi connectivity index (χ2v) is 8.38. The monoisotopic (exact) mass is 447 g/mol. The third-order valence-corrected chi connectivity index (χ3v) is 6.04. The first-order chi connectivity index (χ1) is 15.3. The van der Waals surface area contributed by atoms with Crippen LogP contribution in [0.3, 0.4) is 0 Å². The summed E-state index contributed by atoms with van der Waals surface area (Å²) in [5, 5.41) is 5.42. The van der Waals surface area contributed by atoms with E-state index in [0.717, 1.165) is 18.7 Å². The minimum Gasteiger partial charge on any atom is -0.496 e. The summed E-state index contributed by atoms with van der Waals surface area (Å²) in [6.07, 6.45) is 3.89. The number of aromatic nitrogens is 1. The number of ether oxygens (including phenoxy) is 1. The SMILES string of the molecule is COc1cc(F)ccc1-c1cc(NC(=O)[C@H]2CCC[C@@H](NC(=O)C3(F)CC3)C2)ncc1F. The van der Waals surface area contributed by atoms with Crippen molar-refractivity contribution in [3.63, 3.8) is 0 Å². The quantitative estimate of drug-likeness (QED) is 0.697. The van der Waals surface area contributed by atoms with Crippen molar-refractivity contribution in [1.29, 1.82) is 0 Å². The van der Waals surface area contributed by atoms with Crippen LogP contribution in [-0.2, 0) is 9.59 Å². The Morgan fingerprint density at radius 2 is 1.94 bits per heavy atom. The highest BCUT2D eigenvalue weighted by molar-refractivity contribution is 5.93. The van der Waals surface area contributed by atoms with Gasteiger partial charge in [0.15, 0.2) is 5.67 Å². The molecule has 32 heavy (non-hydrogen) atoms. The van der Waals surface area contributed by atoms with Crippen LogP contribution in [0.5, 0.6) is 5.75 Å². The van der Waals surface area contributed by atoms with Crippen LogP contribution in [0.1, 0.15) is 38.5 Å². The number of rotatable bonds is 6. The van der Waals surface area contributed by atoms with E-state index >= 15 is 0 Å². The number of alkyl halides is 1. The molecule has 1 aromatic carbocycles. The molecule has 0 aliphatic heterocycles. The molecule has 1 heterocycles. The highest BCUT2D eigenvalue weighted by atomic mass is 19.1. The molecule has 9 heteroatoms.